The number of fused-ring (bicyclic) bond motifs is 1. The number of aliphatic hydroxyl groups is 1. The molecule has 0 saturated carbocycles. The standard InChI is InChI=1S/C19H21ClF3N5O/c1-28(2)7-3-6-24-19-26-16-11(9-14(22)15(23)17(16)27-19)18(29)25-10-4-5-13(21)12(20)8-10/h4-5,8-9,18,25,29H,3,6-7H2,1-2H3,(H2,24,26,27). The normalized spacial score (nSPS) is 12.6. The van der Waals surface area contributed by atoms with Crippen molar-refractivity contribution in [2.75, 3.05) is 37.8 Å². The van der Waals surface area contributed by atoms with Gasteiger partial charge in [0.25, 0.3) is 0 Å². The third-order valence-electron chi connectivity index (χ3n) is 4.28. The highest BCUT2D eigenvalue weighted by atomic mass is 35.5. The number of anilines is 2. The van der Waals surface area contributed by atoms with Gasteiger partial charge < -0.3 is 25.6 Å². The van der Waals surface area contributed by atoms with E-state index < -0.39 is 23.7 Å². The van der Waals surface area contributed by atoms with Crippen LogP contribution >= 0.6 is 11.6 Å². The first-order chi connectivity index (χ1) is 13.8. The fourth-order valence-corrected chi connectivity index (χ4v) is 3.02. The Bertz CT molecular complexity index is 1010. The number of H-pyrrole nitrogens is 1. The number of aliphatic hydroxyl groups excluding tert-OH is 1. The van der Waals surface area contributed by atoms with Crippen molar-refractivity contribution in [3.05, 3.63) is 52.3 Å². The summed E-state index contributed by atoms with van der Waals surface area (Å²) in [5.74, 6) is -2.57. The van der Waals surface area contributed by atoms with Gasteiger partial charge in [-0.2, -0.15) is 0 Å². The van der Waals surface area contributed by atoms with Gasteiger partial charge in [-0.3, -0.25) is 0 Å². The predicted octanol–water partition coefficient (Wildman–Crippen LogP) is 4.10. The Morgan fingerprint density at radius 3 is 2.66 bits per heavy atom. The largest absolute Gasteiger partial charge is 0.369 e. The number of nitrogens with zero attached hydrogens (tertiary/aromatic N) is 2. The number of imidazole rings is 1. The molecule has 0 aliphatic carbocycles. The van der Waals surface area contributed by atoms with Gasteiger partial charge >= 0.3 is 0 Å². The molecule has 3 aromatic rings. The molecule has 0 spiro atoms. The van der Waals surface area contributed by atoms with Gasteiger partial charge in [0.15, 0.2) is 17.9 Å². The summed E-state index contributed by atoms with van der Waals surface area (Å²) in [7, 11) is 3.91. The van der Waals surface area contributed by atoms with Crippen LogP contribution in [-0.2, 0) is 0 Å². The molecule has 1 heterocycles. The number of halogens is 4. The van der Waals surface area contributed by atoms with Gasteiger partial charge in [-0.25, -0.2) is 18.2 Å². The lowest BCUT2D eigenvalue weighted by Gasteiger charge is -2.15. The van der Waals surface area contributed by atoms with Gasteiger partial charge in [-0.15, -0.1) is 0 Å². The third-order valence-corrected chi connectivity index (χ3v) is 4.57. The zero-order valence-corrected chi connectivity index (χ0v) is 16.6. The maximum Gasteiger partial charge on any atom is 0.201 e. The summed E-state index contributed by atoms with van der Waals surface area (Å²) in [6.45, 7) is 1.43. The van der Waals surface area contributed by atoms with Gasteiger partial charge in [0.1, 0.15) is 16.9 Å². The van der Waals surface area contributed by atoms with E-state index in [4.69, 9.17) is 11.6 Å². The average Bonchev–Trinajstić information content (AvgIpc) is 3.09. The molecule has 10 heteroatoms. The van der Waals surface area contributed by atoms with Crippen LogP contribution in [0.4, 0.5) is 24.8 Å². The van der Waals surface area contributed by atoms with Crippen LogP contribution < -0.4 is 10.6 Å². The number of hydrogen-bond acceptors (Lipinski definition) is 5. The van der Waals surface area contributed by atoms with E-state index in [1.54, 1.807) is 0 Å². The predicted molar refractivity (Wildman–Crippen MR) is 108 cm³/mol. The van der Waals surface area contributed by atoms with Crippen LogP contribution in [0.3, 0.4) is 0 Å². The van der Waals surface area contributed by atoms with Crippen LogP contribution in [0.1, 0.15) is 18.2 Å². The SMILES string of the molecule is CN(C)CCCNc1nc2c(C(O)Nc3ccc(F)c(Cl)c3)cc(F)c(F)c2[nH]1. The zero-order valence-electron chi connectivity index (χ0n) is 15.9. The summed E-state index contributed by atoms with van der Waals surface area (Å²) < 4.78 is 41.6. The topological polar surface area (TPSA) is 76.2 Å². The first-order valence-corrected chi connectivity index (χ1v) is 9.30. The molecule has 29 heavy (non-hydrogen) atoms. The van der Waals surface area contributed by atoms with Crippen LogP contribution in [0.5, 0.6) is 0 Å². The van der Waals surface area contributed by atoms with Crippen molar-refractivity contribution in [3.8, 4) is 0 Å². The second kappa shape index (κ2) is 8.89. The molecule has 4 N–H and O–H groups in total. The molecule has 0 aliphatic rings. The van der Waals surface area contributed by atoms with Crippen molar-refractivity contribution in [1.82, 2.24) is 14.9 Å². The smallest absolute Gasteiger partial charge is 0.201 e. The van der Waals surface area contributed by atoms with Gasteiger partial charge in [0.05, 0.1) is 5.02 Å². The van der Waals surface area contributed by atoms with Crippen LogP contribution in [-0.4, -0.2) is 47.2 Å². The van der Waals surface area contributed by atoms with Gasteiger partial charge in [-0.1, -0.05) is 11.6 Å². The van der Waals surface area contributed by atoms with Crippen molar-refractivity contribution < 1.29 is 18.3 Å². The maximum absolute atomic E-state index is 14.2. The lowest BCUT2D eigenvalue weighted by molar-refractivity contribution is 0.209. The number of aromatic nitrogens is 2. The van der Waals surface area contributed by atoms with Gasteiger partial charge in [-0.05, 0) is 51.3 Å². The molecule has 1 unspecified atom stereocenters. The monoisotopic (exact) mass is 427 g/mol. The minimum atomic E-state index is -1.43. The maximum atomic E-state index is 14.2. The third kappa shape index (κ3) is 4.92. The van der Waals surface area contributed by atoms with Crippen LogP contribution in [0.15, 0.2) is 24.3 Å². The summed E-state index contributed by atoms with van der Waals surface area (Å²) >= 11 is 5.73. The molecule has 1 aromatic heterocycles. The molecule has 0 bridgehead atoms. The number of hydrogen-bond donors (Lipinski definition) is 4. The summed E-state index contributed by atoms with van der Waals surface area (Å²) in [6.07, 6.45) is -0.609. The van der Waals surface area contributed by atoms with Crippen LogP contribution in [0.2, 0.25) is 5.02 Å². The zero-order chi connectivity index (χ0) is 21.1. The molecule has 1 atom stereocenters. The fraction of sp³-hybridized carbons (Fsp3) is 0.316. The summed E-state index contributed by atoms with van der Waals surface area (Å²) in [5.41, 5.74) is 0.247. The van der Waals surface area contributed by atoms with E-state index in [2.05, 4.69) is 20.6 Å². The van der Waals surface area contributed by atoms with E-state index in [1.807, 2.05) is 19.0 Å². The molecular formula is C19H21ClF3N5O. The summed E-state index contributed by atoms with van der Waals surface area (Å²) in [4.78, 5) is 8.99. The van der Waals surface area contributed by atoms with Crippen molar-refractivity contribution >= 4 is 34.3 Å². The molecule has 0 radical (unpaired) electrons. The Balaban J connectivity index is 1.86. The highest BCUT2D eigenvalue weighted by molar-refractivity contribution is 6.31. The summed E-state index contributed by atoms with van der Waals surface area (Å²) in [6, 6.07) is 4.64. The molecule has 0 saturated heterocycles. The van der Waals surface area contributed by atoms with E-state index in [0.717, 1.165) is 25.1 Å². The Labute approximate surface area is 170 Å². The quantitative estimate of drug-likeness (QED) is 0.321. The Kier molecular flexibility index (Phi) is 6.51. The Morgan fingerprint density at radius 2 is 1.97 bits per heavy atom. The highest BCUT2D eigenvalue weighted by Crippen LogP contribution is 2.30. The number of rotatable bonds is 8. The van der Waals surface area contributed by atoms with E-state index in [-0.39, 0.29) is 27.6 Å². The number of nitrogens with one attached hydrogen (secondary N) is 3. The minimum absolute atomic E-state index is 0.0249. The first-order valence-electron chi connectivity index (χ1n) is 8.92. The van der Waals surface area contributed by atoms with Crippen molar-refractivity contribution in [1.29, 1.82) is 0 Å². The van der Waals surface area contributed by atoms with Crippen molar-refractivity contribution in [3.63, 3.8) is 0 Å². The highest BCUT2D eigenvalue weighted by Gasteiger charge is 2.21. The molecule has 0 aliphatic heterocycles. The Hall–Kier alpha value is -2.49. The summed E-state index contributed by atoms with van der Waals surface area (Å²) in [5, 5.41) is 16.1. The molecule has 0 fully saturated rings. The number of aromatic amines is 1. The average molecular weight is 428 g/mol. The van der Waals surface area contributed by atoms with E-state index in [9.17, 15) is 18.3 Å². The van der Waals surface area contributed by atoms with Gasteiger partial charge in [0.2, 0.25) is 5.95 Å². The Morgan fingerprint density at radius 1 is 1.21 bits per heavy atom. The van der Waals surface area contributed by atoms with Gasteiger partial charge in [0, 0.05) is 17.8 Å². The van der Waals surface area contributed by atoms with Crippen LogP contribution in [0.25, 0.3) is 11.0 Å². The first kappa shape index (κ1) is 21.2. The molecular weight excluding hydrogens is 407 g/mol. The molecule has 156 valence electrons. The van der Waals surface area contributed by atoms with E-state index in [0.29, 0.717) is 12.2 Å². The lowest BCUT2D eigenvalue weighted by atomic mass is 10.1. The molecule has 3 rings (SSSR count). The molecule has 6 nitrogen and oxygen atoms in total. The van der Waals surface area contributed by atoms with E-state index >= 15 is 0 Å². The second-order valence-corrected chi connectivity index (χ2v) is 7.24. The second-order valence-electron chi connectivity index (χ2n) is 6.83. The molecule has 2 aromatic carbocycles. The van der Waals surface area contributed by atoms with E-state index in [1.165, 1.54) is 12.1 Å². The fourth-order valence-electron chi connectivity index (χ4n) is 2.84. The van der Waals surface area contributed by atoms with Crippen molar-refractivity contribution in [2.24, 2.45) is 0 Å². The molecule has 0 amide bonds. The minimum Gasteiger partial charge on any atom is -0.369 e. The number of benzene rings is 2. The van der Waals surface area contributed by atoms with Crippen molar-refractivity contribution in [2.45, 2.75) is 12.6 Å². The lowest BCUT2D eigenvalue weighted by Crippen LogP contribution is -2.16. The van der Waals surface area contributed by atoms with Crippen LogP contribution in [0, 0.1) is 17.5 Å².